The Morgan fingerprint density at radius 2 is 1.14 bits per heavy atom. The van der Waals surface area contributed by atoms with Gasteiger partial charge in [0.15, 0.2) is 0 Å². The molecule has 212 valence electrons. The van der Waals surface area contributed by atoms with Crippen LogP contribution in [0.3, 0.4) is 0 Å². The smallest absolute Gasteiger partial charge is 0.335 e. The standard InChI is InChI=1S/C34H31N2O5P/c1-40-33(38)30(29(23-35)32(37)36-24-25-15-7-3-8-16-25)31(34(39)41-2)42(26-17-9-4-10-18-26,27-19-11-5-12-20-27)28-21-13-6-14-22-28/h3-22,29-30H,24H2,1-2H3,(H,36,37). The lowest BCUT2D eigenvalue weighted by atomic mass is 9.89. The van der Waals surface area contributed by atoms with Gasteiger partial charge in [-0.1, -0.05) is 121 Å². The van der Waals surface area contributed by atoms with Crippen LogP contribution in [0.2, 0.25) is 0 Å². The number of hydrogen-bond donors (Lipinski definition) is 1. The minimum atomic E-state index is -3.23. The van der Waals surface area contributed by atoms with Gasteiger partial charge in [0.2, 0.25) is 5.91 Å². The fourth-order valence-corrected chi connectivity index (χ4v) is 9.73. The molecule has 0 spiro atoms. The van der Waals surface area contributed by atoms with Crippen LogP contribution < -0.4 is 21.2 Å². The monoisotopic (exact) mass is 578 g/mol. The highest BCUT2D eigenvalue weighted by atomic mass is 31.2. The first-order valence-electron chi connectivity index (χ1n) is 13.3. The molecular weight excluding hydrogens is 547 g/mol. The van der Waals surface area contributed by atoms with Crippen molar-refractivity contribution in [3.63, 3.8) is 0 Å². The number of amides is 1. The second-order valence-corrected chi connectivity index (χ2v) is 12.7. The molecular formula is C34H31N2O5P. The molecule has 4 aromatic carbocycles. The Balaban J connectivity index is 2.11. The molecule has 0 fully saturated rings. The Morgan fingerprint density at radius 3 is 1.52 bits per heavy atom. The van der Waals surface area contributed by atoms with E-state index in [1.54, 1.807) is 0 Å². The number of esters is 2. The van der Waals surface area contributed by atoms with E-state index in [0.717, 1.165) is 21.5 Å². The molecule has 0 saturated heterocycles. The van der Waals surface area contributed by atoms with Crippen molar-refractivity contribution >= 4 is 45.9 Å². The molecule has 0 aliphatic heterocycles. The third-order valence-corrected chi connectivity index (χ3v) is 11.4. The number of nitrogens with zero attached hydrogens (tertiary/aromatic N) is 1. The molecule has 1 N–H and O–H groups in total. The molecule has 0 bridgehead atoms. The van der Waals surface area contributed by atoms with Crippen molar-refractivity contribution in [1.82, 2.24) is 5.32 Å². The van der Waals surface area contributed by atoms with E-state index in [4.69, 9.17) is 9.47 Å². The number of benzene rings is 4. The number of hydrogen-bond acceptors (Lipinski definition) is 6. The largest absolute Gasteiger partial charge is 0.468 e. The lowest BCUT2D eigenvalue weighted by Crippen LogP contribution is -2.47. The zero-order valence-corrected chi connectivity index (χ0v) is 24.2. The summed E-state index contributed by atoms with van der Waals surface area (Å²) < 4.78 is 10.6. The summed E-state index contributed by atoms with van der Waals surface area (Å²) in [6.45, 7) is -3.10. The van der Waals surface area contributed by atoms with Crippen LogP contribution in [-0.4, -0.2) is 37.4 Å². The second kappa shape index (κ2) is 14.1. The van der Waals surface area contributed by atoms with Gasteiger partial charge in [-0.3, -0.25) is 9.59 Å². The number of nitrogens with one attached hydrogen (secondary N) is 1. The highest BCUT2D eigenvalue weighted by Gasteiger charge is 2.47. The molecule has 4 rings (SSSR count). The summed E-state index contributed by atoms with van der Waals surface area (Å²) in [5.74, 6) is -5.55. The van der Waals surface area contributed by atoms with Gasteiger partial charge in [-0.05, 0) is 28.4 Å². The van der Waals surface area contributed by atoms with Crippen molar-refractivity contribution in [2.75, 3.05) is 14.2 Å². The maximum atomic E-state index is 14.1. The molecule has 0 heterocycles. The molecule has 1 amide bonds. The van der Waals surface area contributed by atoms with Gasteiger partial charge in [0.25, 0.3) is 0 Å². The highest BCUT2D eigenvalue weighted by molar-refractivity contribution is 7.96. The van der Waals surface area contributed by atoms with Gasteiger partial charge in [-0.2, -0.15) is 5.26 Å². The lowest BCUT2D eigenvalue weighted by Gasteiger charge is -2.35. The topological polar surface area (TPSA) is 105 Å². The minimum absolute atomic E-state index is 0.00172. The molecule has 0 aliphatic carbocycles. The number of nitriles is 1. The first-order valence-corrected chi connectivity index (χ1v) is 15.1. The number of methoxy groups -OCH3 is 2. The van der Waals surface area contributed by atoms with Gasteiger partial charge in [-0.15, -0.1) is 0 Å². The molecule has 0 radical (unpaired) electrons. The quantitative estimate of drug-likeness (QED) is 0.228. The van der Waals surface area contributed by atoms with Crippen molar-refractivity contribution in [2.24, 2.45) is 11.8 Å². The van der Waals surface area contributed by atoms with E-state index in [1.807, 2.05) is 127 Å². The van der Waals surface area contributed by atoms with Gasteiger partial charge in [0.05, 0.1) is 25.6 Å². The highest BCUT2D eigenvalue weighted by Crippen LogP contribution is 2.49. The van der Waals surface area contributed by atoms with E-state index in [1.165, 1.54) is 14.2 Å². The van der Waals surface area contributed by atoms with Crippen molar-refractivity contribution in [2.45, 2.75) is 6.54 Å². The number of carbonyl (C=O) groups is 3. The maximum absolute atomic E-state index is 14.1. The van der Waals surface area contributed by atoms with E-state index < -0.39 is 36.6 Å². The zero-order chi connectivity index (χ0) is 30.0. The summed E-state index contributed by atoms with van der Waals surface area (Å²) in [5, 5.41) is 15.4. The third kappa shape index (κ3) is 6.05. The Labute approximate surface area is 245 Å². The zero-order valence-electron chi connectivity index (χ0n) is 23.3. The number of ether oxygens (including phenoxy) is 2. The Kier molecular flexibility index (Phi) is 10.1. The van der Waals surface area contributed by atoms with E-state index in [-0.39, 0.29) is 11.8 Å². The first kappa shape index (κ1) is 30.0. The predicted molar refractivity (Wildman–Crippen MR) is 165 cm³/mol. The van der Waals surface area contributed by atoms with Crippen molar-refractivity contribution in [3.8, 4) is 6.07 Å². The van der Waals surface area contributed by atoms with Crippen LogP contribution in [0.25, 0.3) is 0 Å². The Bertz CT molecular complexity index is 1520. The van der Waals surface area contributed by atoms with Gasteiger partial charge in [0.1, 0.15) is 11.8 Å². The van der Waals surface area contributed by atoms with E-state index in [0.29, 0.717) is 0 Å². The molecule has 42 heavy (non-hydrogen) atoms. The Morgan fingerprint density at radius 1 is 0.714 bits per heavy atom. The summed E-state index contributed by atoms with van der Waals surface area (Å²) in [6.07, 6.45) is 0. The van der Waals surface area contributed by atoms with Crippen molar-refractivity contribution in [1.29, 1.82) is 5.26 Å². The number of carbonyl (C=O) groups excluding carboxylic acids is 3. The fourth-order valence-electron chi connectivity index (χ4n) is 5.11. The van der Waals surface area contributed by atoms with Crippen molar-refractivity contribution in [3.05, 3.63) is 127 Å². The molecule has 2 unspecified atom stereocenters. The molecule has 7 nitrogen and oxygen atoms in total. The summed E-state index contributed by atoms with van der Waals surface area (Å²) in [5.41, 5.74) is 0.814. The van der Waals surface area contributed by atoms with Crippen LogP contribution in [0, 0.1) is 23.2 Å². The Hall–Kier alpha value is -4.92. The fraction of sp³-hybridized carbons (Fsp3) is 0.147. The van der Waals surface area contributed by atoms with E-state index in [2.05, 4.69) is 5.32 Å². The van der Waals surface area contributed by atoms with Gasteiger partial charge < -0.3 is 14.8 Å². The first-order chi connectivity index (χ1) is 20.5. The van der Waals surface area contributed by atoms with Gasteiger partial charge >= 0.3 is 11.9 Å². The molecule has 4 aromatic rings. The second-order valence-electron chi connectivity index (χ2n) is 9.37. The molecule has 0 aromatic heterocycles. The number of rotatable bonds is 10. The summed E-state index contributed by atoms with van der Waals surface area (Å²) in [4.78, 5) is 41.5. The summed E-state index contributed by atoms with van der Waals surface area (Å²) in [6, 6.07) is 39.3. The summed E-state index contributed by atoms with van der Waals surface area (Å²) >= 11 is 0. The van der Waals surface area contributed by atoms with Crippen molar-refractivity contribution < 1.29 is 23.9 Å². The van der Waals surface area contributed by atoms with E-state index in [9.17, 15) is 19.6 Å². The average Bonchev–Trinajstić information content (AvgIpc) is 3.06. The van der Waals surface area contributed by atoms with Gasteiger partial charge in [0, 0.05) is 6.54 Å². The van der Waals surface area contributed by atoms with Crippen LogP contribution in [0.5, 0.6) is 0 Å². The van der Waals surface area contributed by atoms with Crippen LogP contribution in [0.1, 0.15) is 5.56 Å². The SMILES string of the molecule is COC(=O)C(C(C(=O)OC)C(C#N)C(=O)NCc1ccccc1)=P(c1ccccc1)(c1ccccc1)c1ccccc1. The lowest BCUT2D eigenvalue weighted by molar-refractivity contribution is -0.147. The van der Waals surface area contributed by atoms with Crippen LogP contribution in [-0.2, 0) is 30.4 Å². The van der Waals surface area contributed by atoms with Crippen LogP contribution in [0.15, 0.2) is 121 Å². The normalized spacial score (nSPS) is 12.2. The predicted octanol–water partition coefficient (Wildman–Crippen LogP) is 3.57. The molecule has 8 heteroatoms. The third-order valence-electron chi connectivity index (χ3n) is 7.00. The molecule has 0 saturated carbocycles. The average molecular weight is 579 g/mol. The minimum Gasteiger partial charge on any atom is -0.468 e. The van der Waals surface area contributed by atoms with Crippen LogP contribution >= 0.6 is 6.89 Å². The molecule has 0 aliphatic rings. The van der Waals surface area contributed by atoms with E-state index >= 15 is 0 Å². The summed E-state index contributed by atoms with van der Waals surface area (Å²) in [7, 11) is 2.40. The molecule has 2 atom stereocenters. The van der Waals surface area contributed by atoms with Gasteiger partial charge in [-0.25, -0.2) is 4.79 Å². The van der Waals surface area contributed by atoms with Crippen LogP contribution in [0.4, 0.5) is 0 Å². The maximum Gasteiger partial charge on any atom is 0.335 e.